The second-order valence-corrected chi connectivity index (χ2v) is 7.71. The first-order valence-corrected chi connectivity index (χ1v) is 9.70. The zero-order valence-electron chi connectivity index (χ0n) is 14.8. The summed E-state index contributed by atoms with van der Waals surface area (Å²) in [6.07, 6.45) is 14.0. The molecule has 124 valence electrons. The van der Waals surface area contributed by atoms with Gasteiger partial charge in [0.25, 0.3) is 0 Å². The Hall–Kier alpha value is -0.0800. The van der Waals surface area contributed by atoms with Crippen molar-refractivity contribution in [3.05, 3.63) is 0 Å². The lowest BCUT2D eigenvalue weighted by atomic mass is 9.87. The third-order valence-corrected chi connectivity index (χ3v) is 6.07. The van der Waals surface area contributed by atoms with Gasteiger partial charge in [0, 0.05) is 24.7 Å². The average molecular weight is 295 g/mol. The molecule has 0 bridgehead atoms. The van der Waals surface area contributed by atoms with Gasteiger partial charge in [-0.1, -0.05) is 65.7 Å². The van der Waals surface area contributed by atoms with Crippen LogP contribution in [0.25, 0.3) is 0 Å². The maximum atomic E-state index is 3.96. The summed E-state index contributed by atoms with van der Waals surface area (Å²) in [5.74, 6) is 0.826. The van der Waals surface area contributed by atoms with Gasteiger partial charge < -0.3 is 5.32 Å². The minimum atomic E-state index is 0.480. The van der Waals surface area contributed by atoms with Gasteiger partial charge in [0.15, 0.2) is 0 Å². The summed E-state index contributed by atoms with van der Waals surface area (Å²) in [6, 6.07) is 0.771. The fourth-order valence-corrected chi connectivity index (χ4v) is 4.40. The van der Waals surface area contributed by atoms with E-state index in [-0.39, 0.29) is 0 Å². The van der Waals surface area contributed by atoms with Gasteiger partial charge in [0.05, 0.1) is 0 Å². The third kappa shape index (κ3) is 4.69. The summed E-state index contributed by atoms with van der Waals surface area (Å²) in [4.78, 5) is 2.86. The van der Waals surface area contributed by atoms with E-state index < -0.39 is 0 Å². The Kier molecular flexibility index (Phi) is 7.01. The molecule has 1 saturated heterocycles. The highest BCUT2D eigenvalue weighted by Crippen LogP contribution is 2.34. The first-order valence-electron chi connectivity index (χ1n) is 9.70. The molecule has 0 aromatic carbocycles. The molecule has 1 aliphatic carbocycles. The van der Waals surface area contributed by atoms with Crippen molar-refractivity contribution >= 4 is 0 Å². The van der Waals surface area contributed by atoms with E-state index in [2.05, 4.69) is 31.0 Å². The Labute approximate surface area is 133 Å². The van der Waals surface area contributed by atoms with Gasteiger partial charge in [-0.3, -0.25) is 4.90 Å². The van der Waals surface area contributed by atoms with Gasteiger partial charge in [0.2, 0.25) is 0 Å². The summed E-state index contributed by atoms with van der Waals surface area (Å²) in [5, 5.41) is 3.96. The minimum Gasteiger partial charge on any atom is -0.308 e. The Morgan fingerprint density at radius 2 is 1.81 bits per heavy atom. The SMILES string of the molecule is CCCCCCCN1CC2(CCCC2)NCC1C(C)CC. The zero-order valence-corrected chi connectivity index (χ0v) is 14.8. The molecule has 0 aromatic rings. The van der Waals surface area contributed by atoms with Crippen molar-refractivity contribution in [2.45, 2.75) is 96.6 Å². The highest BCUT2D eigenvalue weighted by atomic mass is 15.3. The lowest BCUT2D eigenvalue weighted by Gasteiger charge is -2.48. The van der Waals surface area contributed by atoms with Crippen molar-refractivity contribution < 1.29 is 0 Å². The Bertz CT molecular complexity index is 283. The second kappa shape index (κ2) is 8.53. The van der Waals surface area contributed by atoms with Gasteiger partial charge in [0.1, 0.15) is 0 Å². The largest absolute Gasteiger partial charge is 0.308 e. The molecule has 2 atom stereocenters. The van der Waals surface area contributed by atoms with Crippen molar-refractivity contribution in [1.29, 1.82) is 0 Å². The maximum absolute atomic E-state index is 3.96. The van der Waals surface area contributed by atoms with E-state index in [0.717, 1.165) is 12.0 Å². The lowest BCUT2D eigenvalue weighted by Crippen LogP contribution is -2.64. The summed E-state index contributed by atoms with van der Waals surface area (Å²) < 4.78 is 0. The average Bonchev–Trinajstić information content (AvgIpc) is 2.94. The number of nitrogens with one attached hydrogen (secondary N) is 1. The van der Waals surface area contributed by atoms with E-state index in [9.17, 15) is 0 Å². The Morgan fingerprint density at radius 1 is 1.10 bits per heavy atom. The monoisotopic (exact) mass is 294 g/mol. The van der Waals surface area contributed by atoms with Gasteiger partial charge >= 0.3 is 0 Å². The van der Waals surface area contributed by atoms with E-state index >= 15 is 0 Å². The minimum absolute atomic E-state index is 0.480. The van der Waals surface area contributed by atoms with Crippen LogP contribution in [0, 0.1) is 5.92 Å². The molecule has 2 fully saturated rings. The van der Waals surface area contributed by atoms with Crippen molar-refractivity contribution in [3.8, 4) is 0 Å². The molecule has 2 rings (SSSR count). The summed E-state index contributed by atoms with van der Waals surface area (Å²) in [6.45, 7) is 11.0. The molecule has 2 aliphatic rings. The summed E-state index contributed by atoms with van der Waals surface area (Å²) in [5.41, 5.74) is 0.480. The topological polar surface area (TPSA) is 15.3 Å². The highest BCUT2D eigenvalue weighted by molar-refractivity contribution is 5.01. The van der Waals surface area contributed by atoms with Gasteiger partial charge in [-0.15, -0.1) is 0 Å². The lowest BCUT2D eigenvalue weighted by molar-refractivity contribution is 0.0505. The van der Waals surface area contributed by atoms with Crippen LogP contribution in [0.1, 0.15) is 85.0 Å². The summed E-state index contributed by atoms with van der Waals surface area (Å²) in [7, 11) is 0. The number of rotatable bonds is 8. The molecular weight excluding hydrogens is 256 g/mol. The molecule has 1 spiro atoms. The molecule has 1 aliphatic heterocycles. The molecular formula is C19H38N2. The molecule has 1 saturated carbocycles. The first kappa shape index (κ1) is 17.3. The number of piperazine rings is 1. The van der Waals surface area contributed by atoms with E-state index in [0.29, 0.717) is 5.54 Å². The van der Waals surface area contributed by atoms with Crippen LogP contribution in [0.15, 0.2) is 0 Å². The van der Waals surface area contributed by atoms with Crippen molar-refractivity contribution in [2.24, 2.45) is 5.92 Å². The molecule has 0 amide bonds. The van der Waals surface area contributed by atoms with Crippen molar-refractivity contribution in [1.82, 2.24) is 10.2 Å². The van der Waals surface area contributed by atoms with Gasteiger partial charge in [-0.05, 0) is 31.7 Å². The van der Waals surface area contributed by atoms with Crippen molar-refractivity contribution in [3.63, 3.8) is 0 Å². The van der Waals surface area contributed by atoms with Crippen LogP contribution < -0.4 is 5.32 Å². The third-order valence-electron chi connectivity index (χ3n) is 6.07. The van der Waals surface area contributed by atoms with Crippen LogP contribution in [-0.2, 0) is 0 Å². The number of unbranched alkanes of at least 4 members (excludes halogenated alkanes) is 4. The molecule has 1 N–H and O–H groups in total. The zero-order chi connectivity index (χ0) is 15.1. The highest BCUT2D eigenvalue weighted by Gasteiger charge is 2.41. The number of hydrogen-bond donors (Lipinski definition) is 1. The van der Waals surface area contributed by atoms with E-state index in [1.165, 1.54) is 83.8 Å². The molecule has 2 nitrogen and oxygen atoms in total. The maximum Gasteiger partial charge on any atom is 0.0309 e. The molecule has 21 heavy (non-hydrogen) atoms. The molecule has 1 heterocycles. The molecule has 0 radical (unpaired) electrons. The quantitative estimate of drug-likeness (QED) is 0.659. The van der Waals surface area contributed by atoms with Crippen molar-refractivity contribution in [2.75, 3.05) is 19.6 Å². The normalized spacial score (nSPS) is 27.3. The summed E-state index contributed by atoms with van der Waals surface area (Å²) >= 11 is 0. The second-order valence-electron chi connectivity index (χ2n) is 7.71. The number of hydrogen-bond acceptors (Lipinski definition) is 2. The number of nitrogens with zero attached hydrogens (tertiary/aromatic N) is 1. The van der Waals surface area contributed by atoms with Crippen LogP contribution >= 0.6 is 0 Å². The van der Waals surface area contributed by atoms with E-state index in [1.807, 2.05) is 0 Å². The van der Waals surface area contributed by atoms with E-state index in [4.69, 9.17) is 0 Å². The predicted octanol–water partition coefficient (Wildman–Crippen LogP) is 4.59. The smallest absolute Gasteiger partial charge is 0.0309 e. The van der Waals surface area contributed by atoms with E-state index in [1.54, 1.807) is 0 Å². The van der Waals surface area contributed by atoms with Crippen LogP contribution in [0.5, 0.6) is 0 Å². The van der Waals surface area contributed by atoms with Gasteiger partial charge in [-0.25, -0.2) is 0 Å². The molecule has 0 aromatic heterocycles. The van der Waals surface area contributed by atoms with Crippen LogP contribution in [0.4, 0.5) is 0 Å². The fraction of sp³-hybridized carbons (Fsp3) is 1.00. The predicted molar refractivity (Wildman–Crippen MR) is 92.8 cm³/mol. The fourth-order valence-electron chi connectivity index (χ4n) is 4.40. The van der Waals surface area contributed by atoms with Crippen LogP contribution in [0.2, 0.25) is 0 Å². The van der Waals surface area contributed by atoms with Gasteiger partial charge in [-0.2, -0.15) is 0 Å². The Morgan fingerprint density at radius 3 is 2.48 bits per heavy atom. The standard InChI is InChI=1S/C19H38N2/c1-4-6-7-8-11-14-21-16-19(12-9-10-13-19)20-15-18(21)17(3)5-2/h17-18,20H,4-16H2,1-3H3. The Balaban J connectivity index is 1.86. The van der Waals surface area contributed by atoms with Crippen LogP contribution in [-0.4, -0.2) is 36.1 Å². The molecule has 2 heteroatoms. The first-order chi connectivity index (χ1) is 10.2. The van der Waals surface area contributed by atoms with Crippen LogP contribution in [0.3, 0.4) is 0 Å². The molecule has 2 unspecified atom stereocenters.